The molecule has 2 N–H and O–H groups in total. The average molecular weight is 352 g/mol. The van der Waals surface area contributed by atoms with Gasteiger partial charge in [-0.15, -0.1) is 0 Å². The Morgan fingerprint density at radius 3 is 2.68 bits per heavy atom. The van der Waals surface area contributed by atoms with Crippen LogP contribution in [0.1, 0.15) is 39.0 Å². The fourth-order valence-corrected chi connectivity index (χ4v) is 4.77. The van der Waals surface area contributed by atoms with E-state index in [0.717, 1.165) is 51.9 Å². The fraction of sp³-hybridized carbons (Fsp3) is 0.889. The van der Waals surface area contributed by atoms with Gasteiger partial charge in [-0.05, 0) is 58.2 Å². The van der Waals surface area contributed by atoms with Crippen LogP contribution in [0.5, 0.6) is 0 Å². The van der Waals surface area contributed by atoms with Gasteiger partial charge in [0.2, 0.25) is 0 Å². The van der Waals surface area contributed by atoms with Gasteiger partial charge in [0.05, 0.1) is 6.54 Å². The topological polar surface area (TPSA) is 76.1 Å². The molecule has 2 heterocycles. The van der Waals surface area contributed by atoms with Gasteiger partial charge in [0.25, 0.3) is 0 Å². The Labute approximate surface area is 150 Å². The molecule has 0 aromatic heterocycles. The zero-order valence-corrected chi connectivity index (χ0v) is 15.5. The van der Waals surface area contributed by atoms with Crippen molar-refractivity contribution in [3.05, 3.63) is 0 Å². The van der Waals surface area contributed by atoms with E-state index in [1.807, 2.05) is 11.8 Å². The van der Waals surface area contributed by atoms with E-state index in [4.69, 9.17) is 5.11 Å². The first kappa shape index (κ1) is 18.5. The van der Waals surface area contributed by atoms with Crippen LogP contribution in [0.3, 0.4) is 0 Å². The van der Waals surface area contributed by atoms with E-state index in [-0.39, 0.29) is 24.7 Å². The number of aliphatic carboxylic acids is 1. The summed E-state index contributed by atoms with van der Waals surface area (Å²) in [5.41, 5.74) is 0. The minimum Gasteiger partial charge on any atom is -0.480 e. The predicted molar refractivity (Wildman–Crippen MR) is 95.6 cm³/mol. The van der Waals surface area contributed by atoms with Crippen LogP contribution < -0.4 is 5.32 Å². The summed E-state index contributed by atoms with van der Waals surface area (Å²) in [6.07, 6.45) is 5.11. The molecule has 25 heavy (non-hydrogen) atoms. The van der Waals surface area contributed by atoms with Crippen molar-refractivity contribution in [1.29, 1.82) is 0 Å². The van der Waals surface area contributed by atoms with Crippen LogP contribution in [-0.2, 0) is 4.79 Å². The lowest BCUT2D eigenvalue weighted by Gasteiger charge is -2.48. The van der Waals surface area contributed by atoms with Gasteiger partial charge in [0.1, 0.15) is 0 Å². The summed E-state index contributed by atoms with van der Waals surface area (Å²) in [5.74, 6) is -0.172. The van der Waals surface area contributed by atoms with Gasteiger partial charge in [-0.25, -0.2) is 4.79 Å². The molecular formula is C18H32N4O3. The van der Waals surface area contributed by atoms with E-state index in [1.54, 1.807) is 0 Å². The molecular weight excluding hydrogens is 320 g/mol. The second-order valence-electron chi connectivity index (χ2n) is 7.94. The van der Waals surface area contributed by atoms with Crippen molar-refractivity contribution in [3.63, 3.8) is 0 Å². The van der Waals surface area contributed by atoms with Crippen LogP contribution >= 0.6 is 0 Å². The molecule has 142 valence electrons. The van der Waals surface area contributed by atoms with Crippen LogP contribution in [0.4, 0.5) is 4.79 Å². The molecule has 2 atom stereocenters. The number of carbonyl (C=O) groups excluding carboxylic acids is 1. The van der Waals surface area contributed by atoms with Crippen molar-refractivity contribution >= 4 is 12.0 Å². The van der Waals surface area contributed by atoms with Gasteiger partial charge >= 0.3 is 12.0 Å². The third-order valence-corrected chi connectivity index (χ3v) is 6.23. The Balaban J connectivity index is 1.48. The summed E-state index contributed by atoms with van der Waals surface area (Å²) in [4.78, 5) is 30.1. The third-order valence-electron chi connectivity index (χ3n) is 6.23. The molecule has 0 radical (unpaired) electrons. The number of urea groups is 1. The van der Waals surface area contributed by atoms with Gasteiger partial charge in [0.15, 0.2) is 0 Å². The summed E-state index contributed by atoms with van der Waals surface area (Å²) in [6, 6.07) is 0.944. The second-order valence-corrected chi connectivity index (χ2v) is 7.94. The van der Waals surface area contributed by atoms with Crippen molar-refractivity contribution in [1.82, 2.24) is 20.0 Å². The number of fused-ring (bicyclic) bond motifs is 1. The van der Waals surface area contributed by atoms with Crippen molar-refractivity contribution in [2.75, 3.05) is 39.8 Å². The Kier molecular flexibility index (Phi) is 5.84. The molecule has 3 rings (SSSR count). The quantitative estimate of drug-likeness (QED) is 0.773. The SMILES string of the molecule is CCN(CC(=O)O)C1CC(NC(=O)N2CCCC3CN(C)CCC32)C1. The highest BCUT2D eigenvalue weighted by molar-refractivity contribution is 5.75. The number of carbonyl (C=O) groups is 2. The number of carboxylic acid groups (broad SMARTS) is 1. The smallest absolute Gasteiger partial charge is 0.317 e. The average Bonchev–Trinajstić information content (AvgIpc) is 2.54. The van der Waals surface area contributed by atoms with Gasteiger partial charge in [-0.1, -0.05) is 6.92 Å². The van der Waals surface area contributed by atoms with Crippen molar-refractivity contribution in [2.45, 2.75) is 57.2 Å². The Morgan fingerprint density at radius 1 is 1.24 bits per heavy atom. The van der Waals surface area contributed by atoms with E-state index < -0.39 is 5.97 Å². The number of likely N-dealkylation sites (N-methyl/N-ethyl adjacent to an activating group) is 1. The van der Waals surface area contributed by atoms with Crippen LogP contribution in [0, 0.1) is 5.92 Å². The molecule has 7 nitrogen and oxygen atoms in total. The van der Waals surface area contributed by atoms with Crippen molar-refractivity contribution in [3.8, 4) is 0 Å². The Hall–Kier alpha value is -1.34. The van der Waals surface area contributed by atoms with Crippen molar-refractivity contribution in [2.24, 2.45) is 5.92 Å². The minimum absolute atomic E-state index is 0.0870. The molecule has 7 heteroatoms. The van der Waals surface area contributed by atoms with Crippen LogP contribution in [-0.4, -0.2) is 89.7 Å². The molecule has 1 aliphatic carbocycles. The number of nitrogens with one attached hydrogen (secondary N) is 1. The maximum absolute atomic E-state index is 12.8. The Bertz CT molecular complexity index is 495. The monoisotopic (exact) mass is 352 g/mol. The highest BCUT2D eigenvalue weighted by Gasteiger charge is 2.40. The molecule has 1 saturated carbocycles. The molecule has 0 spiro atoms. The number of nitrogens with zero attached hydrogens (tertiary/aromatic N) is 3. The van der Waals surface area contributed by atoms with Crippen LogP contribution in [0.2, 0.25) is 0 Å². The number of likely N-dealkylation sites (tertiary alicyclic amines) is 2. The van der Waals surface area contributed by atoms with Gasteiger partial charge in [0, 0.05) is 31.2 Å². The first-order valence-corrected chi connectivity index (χ1v) is 9.69. The van der Waals surface area contributed by atoms with Crippen LogP contribution in [0.25, 0.3) is 0 Å². The van der Waals surface area contributed by atoms with Gasteiger partial charge < -0.3 is 20.2 Å². The first-order valence-electron chi connectivity index (χ1n) is 9.69. The van der Waals surface area contributed by atoms with Gasteiger partial charge in [-0.3, -0.25) is 9.69 Å². The van der Waals surface area contributed by atoms with E-state index in [2.05, 4.69) is 22.2 Å². The Morgan fingerprint density at radius 2 is 2.00 bits per heavy atom. The molecule has 2 unspecified atom stereocenters. The summed E-state index contributed by atoms with van der Waals surface area (Å²) in [6.45, 7) is 5.85. The molecule has 3 fully saturated rings. The lowest BCUT2D eigenvalue weighted by molar-refractivity contribution is -0.139. The lowest BCUT2D eigenvalue weighted by atomic mass is 9.83. The highest BCUT2D eigenvalue weighted by Crippen LogP contribution is 2.31. The lowest BCUT2D eigenvalue weighted by Crippen LogP contribution is -2.61. The standard InChI is InChI=1S/C18H32N4O3/c1-3-21(12-17(23)24)15-9-14(10-15)19-18(25)22-7-4-5-13-11-20(2)8-6-16(13)22/h13-16H,3-12H2,1-2H3,(H,19,25)(H,23,24). The molecule has 0 aromatic carbocycles. The van der Waals surface area contributed by atoms with E-state index in [0.29, 0.717) is 12.0 Å². The summed E-state index contributed by atoms with van der Waals surface area (Å²) < 4.78 is 0. The number of piperidine rings is 2. The van der Waals surface area contributed by atoms with E-state index in [9.17, 15) is 9.59 Å². The second kappa shape index (κ2) is 7.91. The van der Waals surface area contributed by atoms with E-state index in [1.165, 1.54) is 6.42 Å². The molecule has 3 aliphatic rings. The zero-order chi connectivity index (χ0) is 18.0. The molecule has 2 saturated heterocycles. The summed E-state index contributed by atoms with van der Waals surface area (Å²) in [5, 5.41) is 12.2. The molecule has 2 aliphatic heterocycles. The number of hydrogen-bond donors (Lipinski definition) is 2. The van der Waals surface area contributed by atoms with E-state index >= 15 is 0 Å². The fourth-order valence-electron chi connectivity index (χ4n) is 4.77. The zero-order valence-electron chi connectivity index (χ0n) is 15.5. The summed E-state index contributed by atoms with van der Waals surface area (Å²) >= 11 is 0. The largest absolute Gasteiger partial charge is 0.480 e. The number of hydrogen-bond acceptors (Lipinski definition) is 4. The van der Waals surface area contributed by atoms with Crippen LogP contribution in [0.15, 0.2) is 0 Å². The molecule has 2 amide bonds. The minimum atomic E-state index is -0.782. The number of amides is 2. The predicted octanol–water partition coefficient (Wildman–Crippen LogP) is 1.05. The molecule has 0 bridgehead atoms. The first-order chi connectivity index (χ1) is 12.0. The molecule has 0 aromatic rings. The summed E-state index contributed by atoms with van der Waals surface area (Å²) in [7, 11) is 2.17. The van der Waals surface area contributed by atoms with Crippen molar-refractivity contribution < 1.29 is 14.7 Å². The third kappa shape index (κ3) is 4.26. The normalized spacial score (nSPS) is 32.8. The van der Waals surface area contributed by atoms with Gasteiger partial charge in [-0.2, -0.15) is 0 Å². The maximum Gasteiger partial charge on any atom is 0.317 e. The number of rotatable bonds is 5. The number of carboxylic acids is 1. The highest BCUT2D eigenvalue weighted by atomic mass is 16.4. The maximum atomic E-state index is 12.8.